The van der Waals surface area contributed by atoms with Crippen LogP contribution in [0.3, 0.4) is 0 Å². The average Bonchev–Trinajstić information content (AvgIpc) is 2.92. The molecule has 0 radical (unpaired) electrons. The second-order valence-corrected chi connectivity index (χ2v) is 6.19. The lowest BCUT2D eigenvalue weighted by Gasteiger charge is -2.35. The van der Waals surface area contributed by atoms with E-state index >= 15 is 0 Å². The molecular formula is C15H29ClN2O3. The first-order valence-electron chi connectivity index (χ1n) is 7.80. The van der Waals surface area contributed by atoms with Crippen LogP contribution in [0.2, 0.25) is 0 Å². The lowest BCUT2D eigenvalue weighted by Crippen LogP contribution is -2.55. The van der Waals surface area contributed by atoms with E-state index in [0.717, 1.165) is 45.2 Å². The number of rotatable bonds is 6. The zero-order valence-corrected chi connectivity index (χ0v) is 13.8. The SMILES string of the molecule is COCCOCC1CCN(C(=O)C2(N)CCCCC2)C1.Cl. The van der Waals surface area contributed by atoms with Crippen molar-refractivity contribution in [1.29, 1.82) is 0 Å². The number of nitrogens with two attached hydrogens (primary N) is 1. The zero-order valence-electron chi connectivity index (χ0n) is 13.0. The maximum absolute atomic E-state index is 12.6. The molecule has 2 N–H and O–H groups in total. The van der Waals surface area contributed by atoms with Gasteiger partial charge in [-0.25, -0.2) is 0 Å². The Hall–Kier alpha value is -0.360. The van der Waals surface area contributed by atoms with Gasteiger partial charge in [-0.2, -0.15) is 0 Å². The summed E-state index contributed by atoms with van der Waals surface area (Å²) in [4.78, 5) is 14.5. The summed E-state index contributed by atoms with van der Waals surface area (Å²) < 4.78 is 10.5. The number of hydrogen-bond donors (Lipinski definition) is 1. The molecule has 2 rings (SSSR count). The molecule has 21 heavy (non-hydrogen) atoms. The summed E-state index contributed by atoms with van der Waals surface area (Å²) in [6.07, 6.45) is 6.09. The van der Waals surface area contributed by atoms with Gasteiger partial charge in [-0.1, -0.05) is 19.3 Å². The van der Waals surface area contributed by atoms with Crippen LogP contribution in [0.4, 0.5) is 0 Å². The lowest BCUT2D eigenvalue weighted by atomic mass is 9.81. The highest BCUT2D eigenvalue weighted by Crippen LogP contribution is 2.29. The normalized spacial score (nSPS) is 24.7. The van der Waals surface area contributed by atoms with E-state index in [1.54, 1.807) is 7.11 Å². The fourth-order valence-corrected chi connectivity index (χ4v) is 3.26. The maximum atomic E-state index is 12.6. The predicted octanol–water partition coefficient (Wildman–Crippen LogP) is 1.58. The number of hydrogen-bond acceptors (Lipinski definition) is 4. The largest absolute Gasteiger partial charge is 0.382 e. The van der Waals surface area contributed by atoms with Crippen LogP contribution in [0, 0.1) is 5.92 Å². The van der Waals surface area contributed by atoms with Gasteiger partial charge in [0.2, 0.25) is 5.91 Å². The Morgan fingerprint density at radius 1 is 1.29 bits per heavy atom. The highest BCUT2D eigenvalue weighted by atomic mass is 35.5. The molecule has 1 saturated heterocycles. The van der Waals surface area contributed by atoms with Crippen LogP contribution in [0.15, 0.2) is 0 Å². The Balaban J connectivity index is 0.00000220. The van der Waals surface area contributed by atoms with Gasteiger partial charge in [-0.3, -0.25) is 4.79 Å². The first kappa shape index (κ1) is 18.7. The van der Waals surface area contributed by atoms with Crippen LogP contribution < -0.4 is 5.73 Å². The molecule has 1 heterocycles. The fraction of sp³-hybridized carbons (Fsp3) is 0.933. The second-order valence-electron chi connectivity index (χ2n) is 6.19. The summed E-state index contributed by atoms with van der Waals surface area (Å²) in [5, 5.41) is 0. The molecular weight excluding hydrogens is 292 g/mol. The van der Waals surface area contributed by atoms with Crippen LogP contribution in [0.5, 0.6) is 0 Å². The Bertz CT molecular complexity index is 322. The van der Waals surface area contributed by atoms with Crippen molar-refractivity contribution in [3.63, 3.8) is 0 Å². The van der Waals surface area contributed by atoms with Crippen molar-refractivity contribution in [1.82, 2.24) is 4.90 Å². The van der Waals surface area contributed by atoms with Crippen molar-refractivity contribution in [2.24, 2.45) is 11.7 Å². The number of likely N-dealkylation sites (tertiary alicyclic amines) is 1. The molecule has 0 aromatic carbocycles. The minimum absolute atomic E-state index is 0. The second kappa shape index (κ2) is 8.93. The van der Waals surface area contributed by atoms with Gasteiger partial charge in [0, 0.05) is 26.1 Å². The summed E-state index contributed by atoms with van der Waals surface area (Å²) in [5.41, 5.74) is 5.74. The number of carbonyl (C=O) groups is 1. The van der Waals surface area contributed by atoms with E-state index in [0.29, 0.717) is 25.7 Å². The molecule has 1 saturated carbocycles. The smallest absolute Gasteiger partial charge is 0.242 e. The van der Waals surface area contributed by atoms with Crippen molar-refractivity contribution in [2.45, 2.75) is 44.1 Å². The third-order valence-corrected chi connectivity index (χ3v) is 4.53. The van der Waals surface area contributed by atoms with E-state index in [9.17, 15) is 4.79 Å². The molecule has 1 atom stereocenters. The number of amides is 1. The Morgan fingerprint density at radius 2 is 2.00 bits per heavy atom. The van der Waals surface area contributed by atoms with Gasteiger partial charge >= 0.3 is 0 Å². The van der Waals surface area contributed by atoms with E-state index in [2.05, 4.69) is 0 Å². The van der Waals surface area contributed by atoms with Gasteiger partial charge in [0.1, 0.15) is 0 Å². The molecule has 1 aliphatic carbocycles. The molecule has 0 aromatic rings. The fourth-order valence-electron chi connectivity index (χ4n) is 3.26. The van der Waals surface area contributed by atoms with Crippen LogP contribution >= 0.6 is 12.4 Å². The number of methoxy groups -OCH3 is 1. The standard InChI is InChI=1S/C15H28N2O3.ClH/c1-19-9-10-20-12-13-5-8-17(11-13)14(18)15(16)6-3-2-4-7-15;/h13H,2-12,16H2,1H3;1H. The van der Waals surface area contributed by atoms with Gasteiger partial charge in [-0.15, -0.1) is 12.4 Å². The third kappa shape index (κ3) is 5.09. The van der Waals surface area contributed by atoms with E-state index in [4.69, 9.17) is 15.2 Å². The van der Waals surface area contributed by atoms with Crippen molar-refractivity contribution in [3.05, 3.63) is 0 Å². The molecule has 1 amide bonds. The van der Waals surface area contributed by atoms with Gasteiger partial charge in [-0.05, 0) is 19.3 Å². The summed E-state index contributed by atoms with van der Waals surface area (Å²) in [6, 6.07) is 0. The first-order valence-corrected chi connectivity index (χ1v) is 7.80. The molecule has 0 bridgehead atoms. The Labute approximate surface area is 133 Å². The topological polar surface area (TPSA) is 64.8 Å². The summed E-state index contributed by atoms with van der Waals surface area (Å²) in [7, 11) is 1.67. The quantitative estimate of drug-likeness (QED) is 0.755. The van der Waals surface area contributed by atoms with Crippen molar-refractivity contribution in [2.75, 3.05) is 40.0 Å². The Morgan fingerprint density at radius 3 is 2.67 bits per heavy atom. The molecule has 2 fully saturated rings. The predicted molar refractivity (Wildman–Crippen MR) is 84.6 cm³/mol. The number of halogens is 1. The highest BCUT2D eigenvalue weighted by Gasteiger charge is 2.40. The van der Waals surface area contributed by atoms with E-state index < -0.39 is 5.54 Å². The molecule has 124 valence electrons. The van der Waals surface area contributed by atoms with Crippen LogP contribution in [-0.2, 0) is 14.3 Å². The summed E-state index contributed by atoms with van der Waals surface area (Å²) in [6.45, 7) is 3.59. The van der Waals surface area contributed by atoms with Gasteiger partial charge in [0.05, 0.1) is 25.4 Å². The minimum Gasteiger partial charge on any atom is -0.382 e. The van der Waals surface area contributed by atoms with Crippen molar-refractivity contribution >= 4 is 18.3 Å². The molecule has 1 unspecified atom stereocenters. The zero-order chi connectivity index (χ0) is 14.4. The van der Waals surface area contributed by atoms with Crippen molar-refractivity contribution in [3.8, 4) is 0 Å². The van der Waals surface area contributed by atoms with Gasteiger partial charge in [0.15, 0.2) is 0 Å². The van der Waals surface area contributed by atoms with Gasteiger partial charge in [0.25, 0.3) is 0 Å². The monoisotopic (exact) mass is 320 g/mol. The van der Waals surface area contributed by atoms with E-state index in [-0.39, 0.29) is 18.3 Å². The van der Waals surface area contributed by atoms with E-state index in [1.807, 2.05) is 4.90 Å². The van der Waals surface area contributed by atoms with Crippen LogP contribution in [0.25, 0.3) is 0 Å². The lowest BCUT2D eigenvalue weighted by molar-refractivity contribution is -0.137. The first-order chi connectivity index (χ1) is 9.65. The third-order valence-electron chi connectivity index (χ3n) is 4.53. The average molecular weight is 321 g/mol. The molecule has 0 aromatic heterocycles. The van der Waals surface area contributed by atoms with Crippen LogP contribution in [-0.4, -0.2) is 56.4 Å². The van der Waals surface area contributed by atoms with Gasteiger partial charge < -0.3 is 20.1 Å². The minimum atomic E-state index is -0.593. The van der Waals surface area contributed by atoms with E-state index in [1.165, 1.54) is 6.42 Å². The number of carbonyl (C=O) groups excluding carboxylic acids is 1. The molecule has 0 spiro atoms. The maximum Gasteiger partial charge on any atom is 0.242 e. The molecule has 6 heteroatoms. The summed E-state index contributed by atoms with van der Waals surface area (Å²) >= 11 is 0. The molecule has 2 aliphatic rings. The summed E-state index contributed by atoms with van der Waals surface area (Å²) in [5.74, 6) is 0.611. The molecule has 5 nitrogen and oxygen atoms in total. The van der Waals surface area contributed by atoms with Crippen molar-refractivity contribution < 1.29 is 14.3 Å². The highest BCUT2D eigenvalue weighted by molar-refractivity contribution is 5.86. The Kier molecular flexibility index (Phi) is 7.95. The van der Waals surface area contributed by atoms with Crippen LogP contribution in [0.1, 0.15) is 38.5 Å². The number of nitrogens with zero attached hydrogens (tertiary/aromatic N) is 1. The number of ether oxygens (including phenoxy) is 2. The molecule has 1 aliphatic heterocycles.